The van der Waals surface area contributed by atoms with Gasteiger partial charge in [-0.1, -0.05) is 35.9 Å². The van der Waals surface area contributed by atoms with Gasteiger partial charge in [-0.25, -0.2) is 0 Å². The van der Waals surface area contributed by atoms with Gasteiger partial charge < -0.3 is 4.57 Å². The van der Waals surface area contributed by atoms with Crippen LogP contribution in [0.4, 0.5) is 0 Å². The van der Waals surface area contributed by atoms with E-state index >= 15 is 0 Å². The number of aromatic nitrogens is 1. The van der Waals surface area contributed by atoms with E-state index in [0.29, 0.717) is 9.21 Å². The second-order valence-electron chi connectivity index (χ2n) is 5.03. The van der Waals surface area contributed by atoms with Crippen LogP contribution in [0.1, 0.15) is 28.6 Å². The van der Waals surface area contributed by atoms with Gasteiger partial charge in [-0.3, -0.25) is 4.79 Å². The number of fused-ring (bicyclic) bond motifs is 1. The molecule has 0 spiro atoms. The largest absolute Gasteiger partial charge is 0.316 e. The molecule has 1 amide bonds. The van der Waals surface area contributed by atoms with Crippen LogP contribution in [0.25, 0.3) is 10.2 Å². The van der Waals surface area contributed by atoms with E-state index in [1.165, 1.54) is 16.9 Å². The smallest absolute Gasteiger partial charge is 0.289 e. The van der Waals surface area contributed by atoms with Gasteiger partial charge in [0.1, 0.15) is 0 Å². The molecule has 0 bridgehead atoms. The molecule has 0 atom stereocenters. The van der Waals surface area contributed by atoms with E-state index in [9.17, 15) is 4.79 Å². The van der Waals surface area contributed by atoms with Gasteiger partial charge in [-0.15, -0.1) is 11.3 Å². The molecule has 3 rings (SSSR count). The summed E-state index contributed by atoms with van der Waals surface area (Å²) < 4.78 is 3.88. The summed E-state index contributed by atoms with van der Waals surface area (Å²) in [6.07, 6.45) is 0.992. The van der Waals surface area contributed by atoms with E-state index < -0.39 is 0 Å². The zero-order valence-corrected chi connectivity index (χ0v) is 14.7. The fraction of sp³-hybridized carbons (Fsp3) is 0.250. The van der Waals surface area contributed by atoms with E-state index in [0.717, 1.165) is 28.0 Å². The van der Waals surface area contributed by atoms with Gasteiger partial charge in [-0.05, 0) is 43.2 Å². The normalized spacial score (nSPS) is 12.2. The minimum absolute atomic E-state index is 0.231. The Kier molecular flexibility index (Phi) is 4.47. The lowest BCUT2D eigenvalue weighted by Crippen LogP contribution is -2.16. The number of benzene rings is 1. The quantitative estimate of drug-likeness (QED) is 0.663. The van der Waals surface area contributed by atoms with Crippen LogP contribution in [0.3, 0.4) is 0 Å². The lowest BCUT2D eigenvalue weighted by atomic mass is 10.2. The molecule has 22 heavy (non-hydrogen) atoms. The van der Waals surface area contributed by atoms with Gasteiger partial charge in [0.05, 0.1) is 19.4 Å². The molecule has 0 saturated carbocycles. The Hall–Kier alpha value is -1.43. The van der Waals surface area contributed by atoms with Gasteiger partial charge in [0.15, 0.2) is 4.80 Å². The minimum atomic E-state index is -0.231. The Labute approximate surface area is 141 Å². The number of hydrogen-bond acceptors (Lipinski definition) is 3. The van der Waals surface area contributed by atoms with Crippen molar-refractivity contribution in [2.75, 3.05) is 0 Å². The zero-order chi connectivity index (χ0) is 15.7. The number of carbonyl (C=O) groups excluding carboxylic acids is 1. The molecule has 2 aromatic heterocycles. The molecule has 0 aliphatic heterocycles. The summed E-state index contributed by atoms with van der Waals surface area (Å²) in [5.74, 6) is -0.231. The Balaban J connectivity index is 2.14. The zero-order valence-electron chi connectivity index (χ0n) is 12.3. The molecule has 6 heteroatoms. The van der Waals surface area contributed by atoms with Crippen LogP contribution < -0.4 is 4.80 Å². The van der Waals surface area contributed by atoms with Gasteiger partial charge in [0.25, 0.3) is 5.91 Å². The average molecular weight is 351 g/mol. The number of carbonyl (C=O) groups is 1. The van der Waals surface area contributed by atoms with Crippen molar-refractivity contribution in [1.82, 2.24) is 4.57 Å². The van der Waals surface area contributed by atoms with Gasteiger partial charge >= 0.3 is 0 Å². The number of aryl methyl sites for hydroxylation is 2. The van der Waals surface area contributed by atoms with Crippen LogP contribution in [-0.2, 0) is 6.54 Å². The third-order valence-electron chi connectivity index (χ3n) is 3.27. The molecule has 3 aromatic rings. The number of hydrogen-bond donors (Lipinski definition) is 0. The maximum atomic E-state index is 12.3. The number of halogens is 1. The van der Waals surface area contributed by atoms with Crippen molar-refractivity contribution in [1.29, 1.82) is 0 Å². The van der Waals surface area contributed by atoms with Crippen molar-refractivity contribution in [2.45, 2.75) is 26.8 Å². The van der Waals surface area contributed by atoms with E-state index in [1.54, 1.807) is 23.5 Å². The van der Waals surface area contributed by atoms with E-state index in [2.05, 4.69) is 41.6 Å². The summed E-state index contributed by atoms with van der Waals surface area (Å²) in [6.45, 7) is 5.04. The van der Waals surface area contributed by atoms with Crippen LogP contribution in [0.5, 0.6) is 0 Å². The summed E-state index contributed by atoms with van der Waals surface area (Å²) in [6, 6.07) is 9.77. The first-order valence-electron chi connectivity index (χ1n) is 7.03. The third-order valence-corrected chi connectivity index (χ3v) is 5.53. The predicted octanol–water partition coefficient (Wildman–Crippen LogP) is 4.88. The number of amides is 1. The molecule has 0 aliphatic carbocycles. The highest BCUT2D eigenvalue weighted by atomic mass is 35.5. The predicted molar refractivity (Wildman–Crippen MR) is 94.1 cm³/mol. The van der Waals surface area contributed by atoms with Gasteiger partial charge in [0.2, 0.25) is 0 Å². The monoisotopic (exact) mass is 350 g/mol. The van der Waals surface area contributed by atoms with Crippen LogP contribution >= 0.6 is 34.3 Å². The van der Waals surface area contributed by atoms with Crippen LogP contribution in [0.2, 0.25) is 4.34 Å². The molecule has 0 fully saturated rings. The molecule has 0 unspecified atom stereocenters. The van der Waals surface area contributed by atoms with Gasteiger partial charge in [0, 0.05) is 6.54 Å². The molecular weight excluding hydrogens is 336 g/mol. The minimum Gasteiger partial charge on any atom is -0.316 e. The number of thiazole rings is 1. The molecule has 0 saturated heterocycles. The first-order chi connectivity index (χ1) is 10.6. The highest BCUT2D eigenvalue weighted by Gasteiger charge is 2.10. The third kappa shape index (κ3) is 3.02. The average Bonchev–Trinajstić information content (AvgIpc) is 3.04. The molecular formula is C16H15ClN2OS2. The molecule has 0 radical (unpaired) electrons. The first-order valence-corrected chi connectivity index (χ1v) is 9.04. The fourth-order valence-electron chi connectivity index (χ4n) is 2.28. The SMILES string of the molecule is CCCn1c(=NC(=O)c2ccc(Cl)s2)sc2cc(C)ccc21. The highest BCUT2D eigenvalue weighted by Crippen LogP contribution is 2.23. The van der Waals surface area contributed by atoms with Gasteiger partial charge in [-0.2, -0.15) is 4.99 Å². The van der Waals surface area contributed by atoms with Crippen molar-refractivity contribution in [3.63, 3.8) is 0 Å². The highest BCUT2D eigenvalue weighted by molar-refractivity contribution is 7.18. The lowest BCUT2D eigenvalue weighted by molar-refractivity contribution is 0.100. The molecule has 0 N–H and O–H groups in total. The Bertz CT molecular complexity index is 904. The van der Waals surface area contributed by atoms with Crippen molar-refractivity contribution < 1.29 is 4.79 Å². The van der Waals surface area contributed by atoms with E-state index in [1.807, 2.05) is 0 Å². The summed E-state index contributed by atoms with van der Waals surface area (Å²) in [4.78, 5) is 17.9. The standard InChI is InChI=1S/C16H15ClN2OS2/c1-3-8-19-11-5-4-10(2)9-13(11)22-16(19)18-15(20)12-6-7-14(17)21-12/h4-7,9H,3,8H2,1-2H3. The summed E-state index contributed by atoms with van der Waals surface area (Å²) in [5.41, 5.74) is 2.34. The van der Waals surface area contributed by atoms with Crippen LogP contribution in [-0.4, -0.2) is 10.5 Å². The molecule has 1 aromatic carbocycles. The maximum Gasteiger partial charge on any atom is 0.289 e. The maximum absolute atomic E-state index is 12.3. The number of nitrogens with zero attached hydrogens (tertiary/aromatic N) is 2. The molecule has 0 aliphatic rings. The van der Waals surface area contributed by atoms with Crippen molar-refractivity contribution in [3.8, 4) is 0 Å². The topological polar surface area (TPSA) is 34.4 Å². The molecule has 2 heterocycles. The Morgan fingerprint density at radius 1 is 1.27 bits per heavy atom. The number of rotatable bonds is 3. The Morgan fingerprint density at radius 2 is 2.09 bits per heavy atom. The molecule has 114 valence electrons. The molecule has 3 nitrogen and oxygen atoms in total. The summed E-state index contributed by atoms with van der Waals surface area (Å²) in [7, 11) is 0. The second kappa shape index (κ2) is 6.36. The van der Waals surface area contributed by atoms with Crippen LogP contribution in [0.15, 0.2) is 35.3 Å². The fourth-order valence-corrected chi connectivity index (χ4v) is 4.36. The number of thiophene rings is 1. The summed E-state index contributed by atoms with van der Waals surface area (Å²) in [5, 5.41) is 0. The van der Waals surface area contributed by atoms with E-state index in [4.69, 9.17) is 11.6 Å². The van der Waals surface area contributed by atoms with Crippen molar-refractivity contribution in [2.24, 2.45) is 4.99 Å². The van der Waals surface area contributed by atoms with E-state index in [-0.39, 0.29) is 5.91 Å². The lowest BCUT2D eigenvalue weighted by Gasteiger charge is -2.02. The van der Waals surface area contributed by atoms with Crippen molar-refractivity contribution in [3.05, 3.63) is 49.9 Å². The first kappa shape index (κ1) is 15.5. The van der Waals surface area contributed by atoms with Crippen LogP contribution in [0, 0.1) is 6.92 Å². The summed E-state index contributed by atoms with van der Waals surface area (Å²) >= 11 is 8.71. The van der Waals surface area contributed by atoms with Crippen molar-refractivity contribution >= 4 is 50.4 Å². The second-order valence-corrected chi connectivity index (χ2v) is 7.75. The Morgan fingerprint density at radius 3 is 2.77 bits per heavy atom.